The Morgan fingerprint density at radius 2 is 1.38 bits per heavy atom. The Bertz CT molecular complexity index is 4420. The number of nitrogen functional groups attached to an aromatic ring is 2. The fourth-order valence-electron chi connectivity index (χ4n) is 16.6. The number of esters is 1. The molecule has 3 amide bonds. The second-order valence-corrected chi connectivity index (χ2v) is 33.3. The maximum Gasteiger partial charge on any atom is 0.407 e. The third-order valence-electron chi connectivity index (χ3n) is 24.0. The zero-order chi connectivity index (χ0) is 89.5. The largest absolute Gasteiger partial charge is 0.459 e. The fourth-order valence-corrected chi connectivity index (χ4v) is 16.6. The van der Waals surface area contributed by atoms with Crippen LogP contribution in [-0.2, 0) is 105 Å². The van der Waals surface area contributed by atoms with Gasteiger partial charge in [-0.3, -0.25) is 19.2 Å². The number of amides is 3. The third kappa shape index (κ3) is 28.7. The van der Waals surface area contributed by atoms with Gasteiger partial charge in [-0.15, -0.1) is 0 Å². The molecule has 10 rings (SSSR count). The van der Waals surface area contributed by atoms with Crippen molar-refractivity contribution in [2.24, 2.45) is 35.3 Å². The summed E-state index contributed by atoms with van der Waals surface area (Å²) in [7, 11) is 3.08. The number of oxazole rings is 1. The number of anilines is 2. The minimum absolute atomic E-state index is 0.0146. The van der Waals surface area contributed by atoms with E-state index >= 15 is 0 Å². The molecular weight excluding hydrogens is 1620 g/mol. The number of aromatic nitrogens is 5. The van der Waals surface area contributed by atoms with Gasteiger partial charge in [0.1, 0.15) is 60.4 Å². The summed E-state index contributed by atoms with van der Waals surface area (Å²) in [5.74, 6) is -8.26. The average molecular weight is 1750 g/mol. The SMILES string of the molecule is CO[C@H]1C[C@@H]2CC[C@@H](C)[C@@](O)(O2)C(=O)C(=O)N2CCCC[C@H]2C(=O)O[C@H]([C@H](N)C[C@@H]2CC[C@@H](OC(=O)NCCOCCOCCOCCOCCOCCOCCOCCOCC(=O)N3CCc4cc(Cn5nc(-c6ccc7oc(N)nc7c6)c6c(N)ncnc65)ccc4C3)[C@H](OC)C2)C[C@@H](O)[C@H](C)/C=C(\C)[C@@H](O)[C@@H](O)C(=O)[C@H](C)C[C@H](C)/C=C/C=C/C=C/1C. The maximum atomic E-state index is 14.7. The molecule has 11 N–H and O–H groups in total. The summed E-state index contributed by atoms with van der Waals surface area (Å²) in [5.41, 5.74) is 26.7. The molecule has 125 heavy (non-hydrogen) atoms. The zero-order valence-corrected chi connectivity index (χ0v) is 73.5. The van der Waals surface area contributed by atoms with Crippen LogP contribution in [0.3, 0.4) is 0 Å². The van der Waals surface area contributed by atoms with E-state index in [0.717, 1.165) is 27.2 Å². The number of nitrogens with two attached hydrogens (primary N) is 3. The number of fused-ring (bicyclic) bond motifs is 6. The van der Waals surface area contributed by atoms with Crippen molar-refractivity contribution in [2.75, 3.05) is 151 Å². The quantitative estimate of drug-likeness (QED) is 0.00913. The lowest BCUT2D eigenvalue weighted by Crippen LogP contribution is -2.61. The number of allylic oxidation sites excluding steroid dienone is 5. The highest BCUT2D eigenvalue weighted by Crippen LogP contribution is 2.39. The zero-order valence-electron chi connectivity index (χ0n) is 73.5. The number of ketones is 2. The lowest BCUT2D eigenvalue weighted by atomic mass is 9.80. The van der Waals surface area contributed by atoms with Crippen molar-refractivity contribution >= 4 is 69.4 Å². The Labute approximate surface area is 730 Å². The van der Waals surface area contributed by atoms with Crippen molar-refractivity contribution in [3.05, 3.63) is 107 Å². The average Bonchev–Trinajstić information content (AvgIpc) is 1.46. The molecule has 5 aromatic rings. The summed E-state index contributed by atoms with van der Waals surface area (Å²) in [5, 5.41) is 54.9. The normalized spacial score (nSPS) is 27.8. The van der Waals surface area contributed by atoms with Gasteiger partial charge in [0.15, 0.2) is 17.0 Å². The molecule has 690 valence electrons. The Morgan fingerprint density at radius 3 is 2.06 bits per heavy atom. The number of ether oxygens (including phenoxy) is 13. The summed E-state index contributed by atoms with van der Waals surface area (Å²) < 4.78 is 82.3. The first-order valence-electron chi connectivity index (χ1n) is 43.9. The van der Waals surface area contributed by atoms with E-state index in [1.54, 1.807) is 46.9 Å². The van der Waals surface area contributed by atoms with E-state index in [0.29, 0.717) is 190 Å². The van der Waals surface area contributed by atoms with Crippen LogP contribution in [0, 0.1) is 29.6 Å². The van der Waals surface area contributed by atoms with Crippen molar-refractivity contribution in [2.45, 2.75) is 205 Å². The van der Waals surface area contributed by atoms with Gasteiger partial charge in [-0.2, -0.15) is 10.1 Å². The number of hydrogen-bond donors (Lipinski definition) is 8. The number of hydrogen-bond acceptors (Lipinski definition) is 31. The molecule has 4 aliphatic heterocycles. The van der Waals surface area contributed by atoms with Crippen LogP contribution < -0.4 is 22.5 Å². The van der Waals surface area contributed by atoms with E-state index in [1.807, 2.05) is 72.0 Å². The number of cyclic esters (lactones) is 1. The highest BCUT2D eigenvalue weighted by Gasteiger charge is 2.53. The van der Waals surface area contributed by atoms with Crippen LogP contribution in [0.1, 0.15) is 135 Å². The Morgan fingerprint density at radius 1 is 0.704 bits per heavy atom. The van der Waals surface area contributed by atoms with Gasteiger partial charge in [0, 0.05) is 82.6 Å². The number of piperidine rings is 1. The molecule has 0 spiro atoms. The van der Waals surface area contributed by atoms with E-state index in [9.17, 15) is 49.2 Å². The first-order valence-corrected chi connectivity index (χ1v) is 43.9. The second-order valence-electron chi connectivity index (χ2n) is 33.3. The maximum absolute atomic E-state index is 14.7. The van der Waals surface area contributed by atoms with Crippen LogP contribution in [0.15, 0.2) is 94.7 Å². The van der Waals surface area contributed by atoms with Gasteiger partial charge in [0.2, 0.25) is 11.7 Å². The summed E-state index contributed by atoms with van der Waals surface area (Å²) in [6, 6.07) is 9.69. The van der Waals surface area contributed by atoms with Crippen LogP contribution in [0.2, 0.25) is 0 Å². The number of methoxy groups -OCH3 is 2. The van der Waals surface area contributed by atoms with Crippen LogP contribution in [0.5, 0.6) is 0 Å². The molecule has 5 aliphatic rings. The van der Waals surface area contributed by atoms with Crippen LogP contribution >= 0.6 is 0 Å². The van der Waals surface area contributed by atoms with Crippen molar-refractivity contribution in [1.29, 1.82) is 0 Å². The molecule has 35 nitrogen and oxygen atoms in total. The molecule has 0 radical (unpaired) electrons. The van der Waals surface area contributed by atoms with E-state index < -0.39 is 114 Å². The van der Waals surface area contributed by atoms with Crippen molar-refractivity contribution in [1.82, 2.24) is 39.8 Å². The van der Waals surface area contributed by atoms with Crippen molar-refractivity contribution < 1.29 is 115 Å². The standard InChI is InChI=1S/C90H131N11O24/c1-56-14-10-9-11-15-57(2)74(112-7)50-67-22-17-61(6)90(111,125-67)83(107)86(108)100-27-13-12-16-70(100)87(109)122-75(51-71(102)58(3)45-60(5)81(105)82(106)80(104)59(4)44-56)68(91)47-62-19-23-73(76(48-62)113-8)124-89(110)94-26-29-114-30-31-115-32-33-116-34-35-117-36-37-118-38-39-119-40-41-120-42-43-121-54-77(103)99-28-25-64-46-63(18-20-66(64)53-99)52-101-85-78(84(92)95-55-96-85)79(98-101)65-21-24-72-69(49-65)97-88(93)123-72/h9-11,14-15,18,20-21,24,45-46,49,55-56,58-59,61-62,67-68,70-71,73-76,81-82,102,105-106,111H,12-13,16-17,19,22-23,25-44,47-48,50-54,91H2,1-8H3,(H2,93,97)(H,94,110)(H2,92,95,96)/b11-9+,14-10+,57-15+,60-45+/t56-,58-,59-,61-,62+,67+,68-,70+,71-,73-,74+,75+,76-,81-,82+,90-/m1/s1. The molecule has 16 atom stereocenters. The fraction of sp³-hybridized carbons (Fsp3) is 0.644. The van der Waals surface area contributed by atoms with E-state index in [4.69, 9.17) is 88.3 Å². The smallest absolute Gasteiger partial charge is 0.407 e. The predicted molar refractivity (Wildman–Crippen MR) is 461 cm³/mol. The summed E-state index contributed by atoms with van der Waals surface area (Å²) in [4.78, 5) is 99.4. The van der Waals surface area contributed by atoms with Crippen molar-refractivity contribution in [3.8, 4) is 11.3 Å². The number of aliphatic hydroxyl groups excluding tert-OH is 3. The predicted octanol–water partition coefficient (Wildman–Crippen LogP) is 6.62. The van der Waals surface area contributed by atoms with Gasteiger partial charge in [-0.25, -0.2) is 24.2 Å². The topological polar surface area (TPSA) is 470 Å². The van der Waals surface area contributed by atoms with E-state index in [1.165, 1.54) is 19.0 Å². The summed E-state index contributed by atoms with van der Waals surface area (Å²) >= 11 is 0. The lowest BCUT2D eigenvalue weighted by molar-refractivity contribution is -0.265. The van der Waals surface area contributed by atoms with E-state index in [2.05, 4.69) is 32.4 Å². The number of nitrogens with one attached hydrogen (secondary N) is 1. The van der Waals surface area contributed by atoms with Gasteiger partial charge in [0.05, 0.1) is 135 Å². The third-order valence-corrected chi connectivity index (χ3v) is 24.0. The Balaban J connectivity index is 0.554. The second kappa shape index (κ2) is 49.7. The highest BCUT2D eigenvalue weighted by molar-refractivity contribution is 6.39. The van der Waals surface area contributed by atoms with Gasteiger partial charge in [0.25, 0.3) is 17.7 Å². The lowest BCUT2D eigenvalue weighted by Gasteiger charge is -2.42. The molecular formula is C90H131N11O24. The number of carbonyl (C=O) groups excluding carboxylic acids is 6. The molecule has 35 heteroatoms. The summed E-state index contributed by atoms with van der Waals surface area (Å²) in [6.07, 6.45) is 8.38. The first kappa shape index (κ1) is 98.6. The number of carbonyl (C=O) groups is 6. The minimum Gasteiger partial charge on any atom is -0.459 e. The molecule has 3 aromatic heterocycles. The van der Waals surface area contributed by atoms with Crippen LogP contribution in [0.4, 0.5) is 16.6 Å². The number of benzene rings is 2. The Kier molecular flexibility index (Phi) is 39.2. The minimum atomic E-state index is -2.50. The van der Waals surface area contributed by atoms with Gasteiger partial charge >= 0.3 is 12.1 Å². The highest BCUT2D eigenvalue weighted by atomic mass is 16.6. The van der Waals surface area contributed by atoms with Gasteiger partial charge in [-0.05, 0) is 142 Å². The monoisotopic (exact) mass is 1750 g/mol. The number of Topliss-reactive ketones (excluding diaryl/α,β-unsaturated/α-hetero) is 2. The van der Waals surface area contributed by atoms with Crippen LogP contribution in [-0.4, -0.2) is 297 Å². The Hall–Kier alpha value is -8.60. The number of alkyl carbamates (subject to hydrolysis) is 1. The summed E-state index contributed by atoms with van der Waals surface area (Å²) in [6.45, 7) is 17.2. The molecule has 0 unspecified atom stereocenters. The molecule has 1 aliphatic carbocycles. The van der Waals surface area contributed by atoms with Crippen molar-refractivity contribution in [3.63, 3.8) is 0 Å². The number of nitrogens with zero attached hydrogens (tertiary/aromatic N) is 7. The molecule has 2 aromatic carbocycles. The number of rotatable bonds is 35. The molecule has 2 bridgehead atoms. The molecule has 1 saturated carbocycles. The van der Waals surface area contributed by atoms with E-state index in [-0.39, 0.29) is 94.5 Å². The molecule has 7 heterocycles. The van der Waals surface area contributed by atoms with Crippen LogP contribution in [0.25, 0.3) is 33.4 Å². The van der Waals surface area contributed by atoms with Gasteiger partial charge < -0.3 is 119 Å². The van der Waals surface area contributed by atoms with Gasteiger partial charge in [-0.1, -0.05) is 82.4 Å². The molecule has 2 saturated heterocycles. The molecule has 3 fully saturated rings. The first-order chi connectivity index (χ1) is 60.2. The number of aliphatic hydroxyl groups is 4.